The van der Waals surface area contributed by atoms with Crippen LogP contribution in [0.4, 0.5) is 0 Å². The van der Waals surface area contributed by atoms with E-state index < -0.39 is 11.9 Å². The normalized spacial score (nSPS) is 11.0. The molecule has 2 N–H and O–H groups in total. The summed E-state index contributed by atoms with van der Waals surface area (Å²) in [7, 11) is 2.97. The Kier molecular flexibility index (Phi) is 17.1. The molecule has 7 heteroatoms. The average Bonchev–Trinajstić information content (AvgIpc) is 2.92. The Hall–Kier alpha value is -1.96. The lowest BCUT2D eigenvalue weighted by Crippen LogP contribution is -2.50. The zero-order chi connectivity index (χ0) is 27.5. The summed E-state index contributed by atoms with van der Waals surface area (Å²) in [4.78, 5) is 23.3. The van der Waals surface area contributed by atoms with Crippen molar-refractivity contribution in [2.75, 3.05) is 26.2 Å². The number of carboxylic acid groups (broad SMARTS) is 2. The SMILES string of the molecule is CCCC[N+](CCCC)(CCCC)CCCC.O=C(O)c1ccc(SSc2ccc(C(=O)O)cc2)cc1. The van der Waals surface area contributed by atoms with Crippen LogP contribution in [0.3, 0.4) is 0 Å². The van der Waals surface area contributed by atoms with Crippen molar-refractivity contribution >= 4 is 33.5 Å². The molecular formula is C30H46NO4S2+. The van der Waals surface area contributed by atoms with Crippen molar-refractivity contribution in [3.8, 4) is 0 Å². The molecule has 2 aromatic carbocycles. The summed E-state index contributed by atoms with van der Waals surface area (Å²) in [6, 6.07) is 13.2. The molecule has 0 bridgehead atoms. The van der Waals surface area contributed by atoms with E-state index in [9.17, 15) is 9.59 Å². The number of nitrogens with zero attached hydrogens (tertiary/aromatic N) is 1. The molecule has 0 atom stereocenters. The summed E-state index contributed by atoms with van der Waals surface area (Å²) in [6.45, 7) is 15.0. The topological polar surface area (TPSA) is 74.6 Å². The molecule has 0 amide bonds. The van der Waals surface area contributed by atoms with Crippen molar-refractivity contribution in [2.24, 2.45) is 0 Å². The van der Waals surface area contributed by atoms with Gasteiger partial charge in [-0.05, 0) is 74.2 Å². The summed E-state index contributed by atoms with van der Waals surface area (Å²) in [5.41, 5.74) is 0.510. The van der Waals surface area contributed by atoms with E-state index in [0.717, 1.165) is 9.79 Å². The number of hydrogen-bond acceptors (Lipinski definition) is 4. The molecule has 0 aromatic heterocycles. The highest BCUT2D eigenvalue weighted by atomic mass is 33.1. The lowest BCUT2D eigenvalue weighted by atomic mass is 10.1. The smallest absolute Gasteiger partial charge is 0.335 e. The van der Waals surface area contributed by atoms with E-state index in [1.54, 1.807) is 48.5 Å². The molecular weight excluding hydrogens is 502 g/mol. The van der Waals surface area contributed by atoms with Gasteiger partial charge in [0.1, 0.15) is 0 Å². The summed E-state index contributed by atoms with van der Waals surface area (Å²) in [5.74, 6) is -1.89. The van der Waals surface area contributed by atoms with Crippen molar-refractivity contribution in [1.82, 2.24) is 0 Å². The van der Waals surface area contributed by atoms with E-state index in [0.29, 0.717) is 0 Å². The van der Waals surface area contributed by atoms with Crippen LogP contribution >= 0.6 is 21.6 Å². The molecule has 206 valence electrons. The Morgan fingerprint density at radius 3 is 1.05 bits per heavy atom. The molecule has 0 aliphatic heterocycles. The highest BCUT2D eigenvalue weighted by Gasteiger charge is 2.24. The molecule has 5 nitrogen and oxygen atoms in total. The van der Waals surface area contributed by atoms with E-state index in [2.05, 4.69) is 27.7 Å². The molecule has 2 rings (SSSR count). The summed E-state index contributed by atoms with van der Waals surface area (Å²) < 4.78 is 1.42. The Labute approximate surface area is 232 Å². The number of aromatic carboxylic acids is 2. The monoisotopic (exact) mass is 548 g/mol. The van der Waals surface area contributed by atoms with Crippen LogP contribution in [0, 0.1) is 0 Å². The van der Waals surface area contributed by atoms with Gasteiger partial charge >= 0.3 is 11.9 Å². The molecule has 0 fully saturated rings. The van der Waals surface area contributed by atoms with Gasteiger partial charge in [0.15, 0.2) is 0 Å². The largest absolute Gasteiger partial charge is 0.478 e. The van der Waals surface area contributed by atoms with Crippen LogP contribution in [0.1, 0.15) is 99.8 Å². The van der Waals surface area contributed by atoms with Crippen LogP contribution in [-0.4, -0.2) is 52.8 Å². The van der Waals surface area contributed by atoms with E-state index >= 15 is 0 Å². The van der Waals surface area contributed by atoms with Gasteiger partial charge < -0.3 is 14.7 Å². The van der Waals surface area contributed by atoms with Crippen LogP contribution in [0.15, 0.2) is 58.3 Å². The Balaban J connectivity index is 0.000000377. The number of hydrogen-bond donors (Lipinski definition) is 2. The molecule has 0 aliphatic carbocycles. The number of rotatable bonds is 17. The Morgan fingerprint density at radius 1 is 0.568 bits per heavy atom. The summed E-state index contributed by atoms with van der Waals surface area (Å²) in [6.07, 6.45) is 11.1. The number of carbonyl (C=O) groups is 2. The third kappa shape index (κ3) is 13.4. The third-order valence-electron chi connectivity index (χ3n) is 6.38. The summed E-state index contributed by atoms with van der Waals surface area (Å²) >= 11 is 0. The van der Waals surface area contributed by atoms with Crippen molar-refractivity contribution in [3.63, 3.8) is 0 Å². The molecule has 2 aromatic rings. The van der Waals surface area contributed by atoms with Gasteiger partial charge in [-0.2, -0.15) is 0 Å². The maximum absolute atomic E-state index is 10.7. The summed E-state index contributed by atoms with van der Waals surface area (Å²) in [5, 5.41) is 17.6. The lowest BCUT2D eigenvalue weighted by molar-refractivity contribution is -0.929. The highest BCUT2D eigenvalue weighted by molar-refractivity contribution is 8.76. The van der Waals surface area contributed by atoms with Crippen molar-refractivity contribution in [3.05, 3.63) is 59.7 Å². The number of quaternary nitrogens is 1. The van der Waals surface area contributed by atoms with Crippen molar-refractivity contribution in [1.29, 1.82) is 0 Å². The minimum Gasteiger partial charge on any atom is -0.478 e. The highest BCUT2D eigenvalue weighted by Crippen LogP contribution is 2.37. The van der Waals surface area contributed by atoms with E-state index in [4.69, 9.17) is 10.2 Å². The molecule has 0 saturated heterocycles. The first kappa shape index (κ1) is 33.1. The number of benzene rings is 2. The first-order valence-corrected chi connectivity index (χ1v) is 15.8. The standard InChI is InChI=1S/C16H36N.C14H10O4S2/c1-5-9-13-17(14-10-6-2,15-11-7-3)16-12-8-4;15-13(16)9-1-5-11(6-2-9)19-20-12-7-3-10(4-8-12)14(17)18/h5-16H2,1-4H3;1-8H,(H,15,16)(H,17,18)/q+1;. The molecule has 0 spiro atoms. The predicted octanol–water partition coefficient (Wildman–Crippen LogP) is 8.89. The van der Waals surface area contributed by atoms with Gasteiger partial charge in [0.2, 0.25) is 0 Å². The van der Waals surface area contributed by atoms with Crippen molar-refractivity contribution < 1.29 is 24.3 Å². The van der Waals surface area contributed by atoms with Crippen LogP contribution in [0.5, 0.6) is 0 Å². The Bertz CT molecular complexity index is 806. The van der Waals surface area contributed by atoms with Gasteiger partial charge in [0.05, 0.1) is 37.3 Å². The maximum atomic E-state index is 10.7. The van der Waals surface area contributed by atoms with Gasteiger partial charge in [-0.3, -0.25) is 0 Å². The van der Waals surface area contributed by atoms with E-state index in [-0.39, 0.29) is 11.1 Å². The van der Waals surface area contributed by atoms with Crippen LogP contribution in [0.25, 0.3) is 0 Å². The van der Waals surface area contributed by atoms with Gasteiger partial charge in [-0.15, -0.1) is 0 Å². The maximum Gasteiger partial charge on any atom is 0.335 e. The van der Waals surface area contributed by atoms with Gasteiger partial charge in [0.25, 0.3) is 0 Å². The molecule has 0 unspecified atom stereocenters. The number of unbranched alkanes of at least 4 members (excludes halogenated alkanes) is 4. The van der Waals surface area contributed by atoms with Gasteiger partial charge in [-0.25, -0.2) is 9.59 Å². The lowest BCUT2D eigenvalue weighted by Gasteiger charge is -2.39. The first-order valence-electron chi connectivity index (χ1n) is 13.7. The molecule has 0 radical (unpaired) electrons. The van der Waals surface area contributed by atoms with E-state index in [1.807, 2.05) is 0 Å². The van der Waals surface area contributed by atoms with Gasteiger partial charge in [0, 0.05) is 9.79 Å². The molecule has 37 heavy (non-hydrogen) atoms. The van der Waals surface area contributed by atoms with Crippen molar-refractivity contribution in [2.45, 2.75) is 88.9 Å². The second-order valence-corrected chi connectivity index (χ2v) is 11.8. The fraction of sp³-hybridized carbons (Fsp3) is 0.533. The van der Waals surface area contributed by atoms with Crippen LogP contribution in [-0.2, 0) is 0 Å². The minimum absolute atomic E-state index is 0.255. The zero-order valence-electron chi connectivity index (χ0n) is 23.1. The van der Waals surface area contributed by atoms with Crippen LogP contribution in [0.2, 0.25) is 0 Å². The second-order valence-electron chi connectivity index (χ2n) is 9.48. The van der Waals surface area contributed by atoms with Crippen LogP contribution < -0.4 is 0 Å². The first-order chi connectivity index (χ1) is 17.8. The predicted molar refractivity (Wildman–Crippen MR) is 158 cm³/mol. The molecule has 0 aliphatic rings. The van der Waals surface area contributed by atoms with Gasteiger partial charge in [-0.1, -0.05) is 75.0 Å². The Morgan fingerprint density at radius 2 is 0.838 bits per heavy atom. The number of carboxylic acids is 2. The second kappa shape index (κ2) is 19.2. The quantitative estimate of drug-likeness (QED) is 0.152. The third-order valence-corrected chi connectivity index (χ3v) is 8.80. The fourth-order valence-electron chi connectivity index (χ4n) is 4.05. The minimum atomic E-state index is -0.946. The fourth-order valence-corrected chi connectivity index (χ4v) is 5.98. The van der Waals surface area contributed by atoms with E-state index in [1.165, 1.54) is 104 Å². The zero-order valence-corrected chi connectivity index (χ0v) is 24.7. The molecule has 0 heterocycles. The average molecular weight is 549 g/mol. The molecule has 0 saturated carbocycles.